The Bertz CT molecular complexity index is 3130. The molecule has 0 amide bonds. The largest absolute Gasteiger partial charge is 0.456 e. The maximum absolute atomic E-state index is 6.42. The van der Waals surface area contributed by atoms with Gasteiger partial charge in [-0.25, -0.2) is 0 Å². The van der Waals surface area contributed by atoms with Gasteiger partial charge in [0, 0.05) is 44.4 Å². The van der Waals surface area contributed by atoms with Gasteiger partial charge in [0.1, 0.15) is 22.3 Å². The van der Waals surface area contributed by atoms with Crippen LogP contribution in [0.3, 0.4) is 0 Å². The van der Waals surface area contributed by atoms with E-state index in [-0.39, 0.29) is 0 Å². The van der Waals surface area contributed by atoms with Gasteiger partial charge in [-0.15, -0.1) is 0 Å². The predicted octanol–water partition coefficient (Wildman–Crippen LogP) is 13.6. The second-order valence-corrected chi connectivity index (χ2v) is 12.9. The Morgan fingerprint density at radius 1 is 0.286 bits per heavy atom. The van der Waals surface area contributed by atoms with Crippen LogP contribution in [-0.2, 0) is 0 Å². The number of rotatable bonds is 3. The number of hydrogen-bond donors (Lipinski definition) is 0. The Morgan fingerprint density at radius 3 is 1.57 bits per heavy atom. The van der Waals surface area contributed by atoms with Crippen molar-refractivity contribution >= 4 is 104 Å². The monoisotopic (exact) mass is 625 g/mol. The van der Waals surface area contributed by atoms with Gasteiger partial charge in [-0.05, 0) is 92.3 Å². The first-order chi connectivity index (χ1) is 24.3. The molecule has 11 rings (SSSR count). The summed E-state index contributed by atoms with van der Waals surface area (Å²) in [6.45, 7) is 0. The van der Waals surface area contributed by atoms with Gasteiger partial charge < -0.3 is 13.7 Å². The zero-order chi connectivity index (χ0) is 32.1. The molecule has 0 atom stereocenters. The molecule has 0 bridgehead atoms. The SMILES string of the molecule is c1ccc2c(c1)cc(N(c1ccc3c(ccc4cc5oc6ccccc6c5cc43)c1)c1ccc3c(c1)oc1ccccc13)c1ccccc12. The lowest BCUT2D eigenvalue weighted by atomic mass is 9.97. The first-order valence-corrected chi connectivity index (χ1v) is 16.7. The van der Waals surface area contributed by atoms with Crippen molar-refractivity contribution < 1.29 is 8.83 Å². The van der Waals surface area contributed by atoms with E-state index in [4.69, 9.17) is 8.83 Å². The fourth-order valence-electron chi connectivity index (χ4n) is 7.91. The Kier molecular flexibility index (Phi) is 5.38. The van der Waals surface area contributed by atoms with Crippen LogP contribution in [0.15, 0.2) is 173 Å². The molecule has 0 radical (unpaired) electrons. The summed E-state index contributed by atoms with van der Waals surface area (Å²) in [7, 11) is 0. The van der Waals surface area contributed by atoms with Gasteiger partial charge in [0.25, 0.3) is 0 Å². The Hall–Kier alpha value is -6.58. The van der Waals surface area contributed by atoms with Gasteiger partial charge in [0.05, 0.1) is 5.69 Å². The van der Waals surface area contributed by atoms with Crippen molar-refractivity contribution in [1.29, 1.82) is 0 Å². The molecule has 9 aromatic carbocycles. The summed E-state index contributed by atoms with van der Waals surface area (Å²) in [6, 6.07) is 58.6. The fourth-order valence-corrected chi connectivity index (χ4v) is 7.91. The minimum absolute atomic E-state index is 0.872. The van der Waals surface area contributed by atoms with Crippen LogP contribution in [0.2, 0.25) is 0 Å². The molecular formula is C46H27NO2. The third kappa shape index (κ3) is 3.90. The minimum Gasteiger partial charge on any atom is -0.456 e. The highest BCUT2D eigenvalue weighted by Crippen LogP contribution is 2.45. The van der Waals surface area contributed by atoms with Crippen molar-refractivity contribution in [2.24, 2.45) is 0 Å². The van der Waals surface area contributed by atoms with Crippen LogP contribution in [0.5, 0.6) is 0 Å². The summed E-state index contributed by atoms with van der Waals surface area (Å²) >= 11 is 0. The predicted molar refractivity (Wildman–Crippen MR) is 206 cm³/mol. The van der Waals surface area contributed by atoms with Gasteiger partial charge in [0.15, 0.2) is 0 Å². The molecule has 3 heteroatoms. The van der Waals surface area contributed by atoms with Crippen molar-refractivity contribution in [3.05, 3.63) is 164 Å². The van der Waals surface area contributed by atoms with Gasteiger partial charge in [-0.2, -0.15) is 0 Å². The summed E-state index contributed by atoms with van der Waals surface area (Å²) < 4.78 is 12.6. The standard InChI is InChI=1S/C46H27NO2/c1-2-10-33-28(9-1)24-42(36-12-4-3-11-35(33)36)47(32-20-22-39-37-13-5-7-15-43(37)49-46(39)26-32)31-19-21-34-29(23-31)17-18-30-25-45-41(27-40(30)34)38-14-6-8-16-44(38)48-45/h1-27H. The topological polar surface area (TPSA) is 29.5 Å². The molecular weight excluding hydrogens is 599 g/mol. The van der Waals surface area contributed by atoms with Crippen LogP contribution >= 0.6 is 0 Å². The van der Waals surface area contributed by atoms with E-state index in [0.717, 1.165) is 60.9 Å². The first kappa shape index (κ1) is 26.5. The van der Waals surface area contributed by atoms with E-state index in [1.807, 2.05) is 24.3 Å². The second-order valence-electron chi connectivity index (χ2n) is 12.9. The smallest absolute Gasteiger partial charge is 0.137 e. The third-order valence-corrected chi connectivity index (χ3v) is 10.2. The molecule has 0 fully saturated rings. The maximum atomic E-state index is 6.42. The zero-order valence-electron chi connectivity index (χ0n) is 26.4. The molecule has 0 saturated heterocycles. The molecule has 2 aromatic heterocycles. The number of hydrogen-bond acceptors (Lipinski definition) is 3. The second kappa shape index (κ2) is 9.96. The van der Waals surface area contributed by atoms with E-state index >= 15 is 0 Å². The van der Waals surface area contributed by atoms with Gasteiger partial charge in [-0.3, -0.25) is 0 Å². The molecule has 0 aliphatic carbocycles. The summed E-state index contributed by atoms with van der Waals surface area (Å²) in [6.07, 6.45) is 0. The average molecular weight is 626 g/mol. The van der Waals surface area contributed by atoms with Crippen LogP contribution in [0.4, 0.5) is 17.1 Å². The summed E-state index contributed by atoms with van der Waals surface area (Å²) in [5.41, 5.74) is 6.85. The molecule has 49 heavy (non-hydrogen) atoms. The summed E-state index contributed by atoms with van der Waals surface area (Å²) in [5.74, 6) is 0. The van der Waals surface area contributed by atoms with Gasteiger partial charge in [0.2, 0.25) is 0 Å². The Balaban J connectivity index is 1.18. The summed E-state index contributed by atoms with van der Waals surface area (Å²) in [4.78, 5) is 2.39. The van der Waals surface area contributed by atoms with Crippen LogP contribution in [0, 0.1) is 0 Å². The highest BCUT2D eigenvalue weighted by Gasteiger charge is 2.20. The average Bonchev–Trinajstić information content (AvgIpc) is 3.71. The number of fused-ring (bicyclic) bond motifs is 12. The normalized spacial score (nSPS) is 12.1. The lowest BCUT2D eigenvalue weighted by molar-refractivity contribution is 0.669. The number of benzene rings is 9. The van der Waals surface area contributed by atoms with Crippen LogP contribution in [0.1, 0.15) is 0 Å². The number of anilines is 3. The lowest BCUT2D eigenvalue weighted by Crippen LogP contribution is -2.10. The first-order valence-electron chi connectivity index (χ1n) is 16.7. The van der Waals surface area contributed by atoms with Crippen molar-refractivity contribution in [2.45, 2.75) is 0 Å². The highest BCUT2D eigenvalue weighted by atomic mass is 16.3. The molecule has 0 aliphatic heterocycles. The molecule has 11 aromatic rings. The van der Waals surface area contributed by atoms with E-state index in [1.54, 1.807) is 0 Å². The van der Waals surface area contributed by atoms with E-state index in [2.05, 4.69) is 144 Å². The Morgan fingerprint density at radius 2 is 0.796 bits per heavy atom. The Labute approximate surface area is 280 Å². The number of furan rings is 2. The number of para-hydroxylation sites is 2. The molecule has 0 aliphatic rings. The molecule has 228 valence electrons. The van der Waals surface area contributed by atoms with E-state index in [9.17, 15) is 0 Å². The van der Waals surface area contributed by atoms with Gasteiger partial charge in [-0.1, -0.05) is 103 Å². The molecule has 0 spiro atoms. The van der Waals surface area contributed by atoms with Crippen LogP contribution in [0.25, 0.3) is 87.0 Å². The molecule has 0 saturated carbocycles. The maximum Gasteiger partial charge on any atom is 0.137 e. The lowest BCUT2D eigenvalue weighted by Gasteiger charge is -2.28. The third-order valence-electron chi connectivity index (χ3n) is 10.2. The van der Waals surface area contributed by atoms with E-state index in [0.29, 0.717) is 0 Å². The minimum atomic E-state index is 0.872. The molecule has 0 unspecified atom stereocenters. The zero-order valence-corrected chi connectivity index (χ0v) is 26.4. The fraction of sp³-hybridized carbons (Fsp3) is 0. The van der Waals surface area contributed by atoms with Crippen molar-refractivity contribution in [3.8, 4) is 0 Å². The van der Waals surface area contributed by atoms with Crippen LogP contribution in [-0.4, -0.2) is 0 Å². The van der Waals surface area contributed by atoms with E-state index in [1.165, 1.54) is 43.1 Å². The van der Waals surface area contributed by atoms with E-state index < -0.39 is 0 Å². The van der Waals surface area contributed by atoms with Crippen molar-refractivity contribution in [3.63, 3.8) is 0 Å². The van der Waals surface area contributed by atoms with Crippen molar-refractivity contribution in [1.82, 2.24) is 0 Å². The van der Waals surface area contributed by atoms with Gasteiger partial charge >= 0.3 is 0 Å². The molecule has 3 nitrogen and oxygen atoms in total. The van der Waals surface area contributed by atoms with Crippen LogP contribution < -0.4 is 4.90 Å². The number of nitrogens with zero attached hydrogens (tertiary/aromatic N) is 1. The summed E-state index contributed by atoms with van der Waals surface area (Å²) in [5, 5.41) is 14.2. The van der Waals surface area contributed by atoms with Crippen molar-refractivity contribution in [2.75, 3.05) is 4.90 Å². The molecule has 2 heterocycles. The highest BCUT2D eigenvalue weighted by molar-refractivity contribution is 6.18. The quantitative estimate of drug-likeness (QED) is 0.183. The molecule has 0 N–H and O–H groups in total.